The van der Waals surface area contributed by atoms with E-state index in [-0.39, 0.29) is 44.4 Å². The molecule has 1 aliphatic heterocycles. The lowest BCUT2D eigenvalue weighted by atomic mass is 10.0. The molecule has 1 amide bonds. The molecule has 42 heavy (non-hydrogen) atoms. The van der Waals surface area contributed by atoms with Crippen LogP contribution in [0.3, 0.4) is 0 Å². The summed E-state index contributed by atoms with van der Waals surface area (Å²) in [4.78, 5) is 15.2. The van der Waals surface area contributed by atoms with Gasteiger partial charge in [-0.25, -0.2) is 12.8 Å². The molecule has 4 rings (SSSR count). The second-order valence-electron chi connectivity index (χ2n) is 9.29. The summed E-state index contributed by atoms with van der Waals surface area (Å²) in [5.41, 5.74) is 1.98. The highest BCUT2D eigenvalue weighted by molar-refractivity contribution is 7.88. The van der Waals surface area contributed by atoms with E-state index in [0.29, 0.717) is 33.3 Å². The summed E-state index contributed by atoms with van der Waals surface area (Å²) in [5, 5.41) is 11.4. The molecule has 0 radical (unpaired) electrons. The number of allylic oxidation sites excluding steroid dienone is 1. The average molecular weight is 617 g/mol. The fraction of sp³-hybridized carbons (Fsp3) is 0.241. The molecule has 1 aliphatic rings. The Kier molecular flexibility index (Phi) is 10.2. The molecule has 3 aromatic carbocycles. The number of hydrogen-bond donors (Lipinski definition) is 2. The Balaban J connectivity index is 1.64. The summed E-state index contributed by atoms with van der Waals surface area (Å²) in [6.07, 6.45) is 2.16. The van der Waals surface area contributed by atoms with Gasteiger partial charge in [-0.15, -0.1) is 0 Å². The van der Waals surface area contributed by atoms with Crippen molar-refractivity contribution in [1.82, 2.24) is 9.21 Å². The van der Waals surface area contributed by atoms with Gasteiger partial charge < -0.3 is 29.8 Å². The Hall–Kier alpha value is -3.97. The fourth-order valence-electron chi connectivity index (χ4n) is 4.29. The highest BCUT2D eigenvalue weighted by Gasteiger charge is 2.28. The van der Waals surface area contributed by atoms with E-state index in [1.807, 2.05) is 0 Å². The SMILES string of the molecule is COCOc1cc(F)ccc1-c1ccc(O/C(C(=O)Nc2ccc(Cl)cc2)=C(/C=N)N2CCN(S(C)(=O)=O)CC2)cc1. The van der Waals surface area contributed by atoms with E-state index in [1.165, 1.54) is 23.5 Å². The van der Waals surface area contributed by atoms with Crippen molar-refractivity contribution < 1.29 is 31.8 Å². The smallest absolute Gasteiger partial charge is 0.293 e. The van der Waals surface area contributed by atoms with E-state index in [0.717, 1.165) is 12.5 Å². The number of ether oxygens (including phenoxy) is 3. The monoisotopic (exact) mass is 616 g/mol. The largest absolute Gasteiger partial charge is 0.467 e. The van der Waals surface area contributed by atoms with Gasteiger partial charge >= 0.3 is 0 Å². The quantitative estimate of drug-likeness (QED) is 0.140. The second kappa shape index (κ2) is 13.8. The Labute approximate surface area is 248 Å². The number of methoxy groups -OCH3 is 1. The topological polar surface area (TPSA) is 121 Å². The van der Waals surface area contributed by atoms with Crippen molar-refractivity contribution in [3.63, 3.8) is 0 Å². The predicted molar refractivity (Wildman–Crippen MR) is 159 cm³/mol. The number of carbonyl (C=O) groups is 1. The van der Waals surface area contributed by atoms with Crippen LogP contribution in [0.1, 0.15) is 0 Å². The summed E-state index contributed by atoms with van der Waals surface area (Å²) < 4.78 is 55.7. The summed E-state index contributed by atoms with van der Waals surface area (Å²) in [5.74, 6) is -0.614. The minimum atomic E-state index is -3.37. The zero-order chi connectivity index (χ0) is 30.3. The van der Waals surface area contributed by atoms with Gasteiger partial charge in [-0.2, -0.15) is 4.31 Å². The molecule has 0 saturated carbocycles. The standard InChI is InChI=1S/C29H30ClFN4O6S/c1-39-19-40-27-17-22(31)7-12-25(27)20-3-10-24(11-4-20)41-28(29(36)33-23-8-5-21(30)6-9-23)26(18-32)34-13-15-35(16-14-34)42(2,37)38/h3-12,17-18,32H,13-16,19H2,1-2H3,(H,33,36)/b28-26-,32-18?. The molecule has 3 aromatic rings. The molecular formula is C29H30ClFN4O6S. The fourth-order valence-corrected chi connectivity index (χ4v) is 5.25. The molecule has 0 aliphatic carbocycles. The Morgan fingerprint density at radius 2 is 1.71 bits per heavy atom. The Morgan fingerprint density at radius 3 is 2.31 bits per heavy atom. The van der Waals surface area contributed by atoms with Gasteiger partial charge in [0.05, 0.1) is 6.26 Å². The molecule has 1 fully saturated rings. The number of piperazine rings is 1. The Morgan fingerprint density at radius 1 is 1.05 bits per heavy atom. The zero-order valence-electron chi connectivity index (χ0n) is 23.0. The maximum absolute atomic E-state index is 13.8. The van der Waals surface area contributed by atoms with Crippen LogP contribution in [0.4, 0.5) is 10.1 Å². The number of halogens is 2. The number of amides is 1. The van der Waals surface area contributed by atoms with E-state index in [9.17, 15) is 17.6 Å². The van der Waals surface area contributed by atoms with Crippen LogP contribution in [0.2, 0.25) is 5.02 Å². The van der Waals surface area contributed by atoms with Crippen molar-refractivity contribution in [3.8, 4) is 22.6 Å². The minimum absolute atomic E-state index is 0.0562. The van der Waals surface area contributed by atoms with Crippen LogP contribution in [-0.2, 0) is 19.6 Å². The van der Waals surface area contributed by atoms with Gasteiger partial charge in [0, 0.05) is 61.8 Å². The van der Waals surface area contributed by atoms with E-state index in [4.69, 9.17) is 31.2 Å². The molecule has 10 nitrogen and oxygen atoms in total. The lowest BCUT2D eigenvalue weighted by molar-refractivity contribution is -0.115. The number of anilines is 1. The average Bonchev–Trinajstić information content (AvgIpc) is 2.97. The summed E-state index contributed by atoms with van der Waals surface area (Å²) in [6, 6.07) is 17.4. The highest BCUT2D eigenvalue weighted by Crippen LogP contribution is 2.32. The zero-order valence-corrected chi connectivity index (χ0v) is 24.5. The van der Waals surface area contributed by atoms with Crippen LogP contribution >= 0.6 is 11.6 Å². The number of nitrogens with one attached hydrogen (secondary N) is 2. The van der Waals surface area contributed by atoms with Crippen molar-refractivity contribution in [2.24, 2.45) is 0 Å². The molecule has 0 spiro atoms. The van der Waals surface area contributed by atoms with Crippen LogP contribution in [-0.4, -0.2) is 76.1 Å². The minimum Gasteiger partial charge on any atom is -0.467 e. The predicted octanol–water partition coefficient (Wildman–Crippen LogP) is 4.58. The van der Waals surface area contributed by atoms with Crippen LogP contribution < -0.4 is 14.8 Å². The molecule has 0 aromatic heterocycles. The maximum Gasteiger partial charge on any atom is 0.293 e. The third kappa shape index (κ3) is 7.85. The third-order valence-electron chi connectivity index (χ3n) is 6.39. The van der Waals surface area contributed by atoms with Gasteiger partial charge in [0.15, 0.2) is 6.79 Å². The van der Waals surface area contributed by atoms with Crippen molar-refractivity contribution in [2.75, 3.05) is 51.7 Å². The molecule has 13 heteroatoms. The molecule has 222 valence electrons. The van der Waals surface area contributed by atoms with Crippen LogP contribution in [0.15, 0.2) is 78.2 Å². The van der Waals surface area contributed by atoms with E-state index in [1.54, 1.807) is 59.5 Å². The molecular weight excluding hydrogens is 587 g/mol. The van der Waals surface area contributed by atoms with Crippen LogP contribution in [0.5, 0.6) is 11.5 Å². The first kappa shape index (κ1) is 31.0. The normalized spacial score (nSPS) is 14.6. The Bertz CT molecular complexity index is 1560. The molecule has 2 N–H and O–H groups in total. The second-order valence-corrected chi connectivity index (χ2v) is 11.7. The van der Waals surface area contributed by atoms with E-state index >= 15 is 0 Å². The van der Waals surface area contributed by atoms with Gasteiger partial charge in [-0.3, -0.25) is 4.79 Å². The molecule has 1 heterocycles. The van der Waals surface area contributed by atoms with Gasteiger partial charge in [0.1, 0.15) is 23.0 Å². The number of rotatable bonds is 11. The van der Waals surface area contributed by atoms with Crippen LogP contribution in [0.25, 0.3) is 11.1 Å². The van der Waals surface area contributed by atoms with Gasteiger partial charge in [0.25, 0.3) is 5.91 Å². The van der Waals surface area contributed by atoms with Crippen molar-refractivity contribution in [2.45, 2.75) is 0 Å². The third-order valence-corrected chi connectivity index (χ3v) is 7.94. The molecule has 0 unspecified atom stereocenters. The number of benzene rings is 3. The first-order valence-electron chi connectivity index (χ1n) is 12.8. The van der Waals surface area contributed by atoms with Gasteiger partial charge in [-0.1, -0.05) is 23.7 Å². The summed E-state index contributed by atoms with van der Waals surface area (Å²) in [6.45, 7) is 0.850. The number of hydrogen-bond acceptors (Lipinski definition) is 8. The van der Waals surface area contributed by atoms with Gasteiger partial charge in [0.2, 0.25) is 15.8 Å². The number of carbonyl (C=O) groups excluding carboxylic acids is 1. The molecule has 0 atom stereocenters. The maximum atomic E-state index is 13.8. The first-order chi connectivity index (χ1) is 20.1. The summed E-state index contributed by atoms with van der Waals surface area (Å²) in [7, 11) is -1.91. The summed E-state index contributed by atoms with van der Waals surface area (Å²) >= 11 is 5.97. The van der Waals surface area contributed by atoms with Crippen LogP contribution in [0, 0.1) is 11.2 Å². The number of nitrogens with zero attached hydrogens (tertiary/aromatic N) is 2. The molecule has 0 bridgehead atoms. The lowest BCUT2D eigenvalue weighted by Gasteiger charge is -2.35. The highest BCUT2D eigenvalue weighted by atomic mass is 35.5. The van der Waals surface area contributed by atoms with Crippen molar-refractivity contribution >= 4 is 39.4 Å². The van der Waals surface area contributed by atoms with Crippen molar-refractivity contribution in [3.05, 3.63) is 89.0 Å². The first-order valence-corrected chi connectivity index (χ1v) is 15.0. The molecule has 1 saturated heterocycles. The number of sulfonamides is 1. The van der Waals surface area contributed by atoms with E-state index in [2.05, 4.69) is 5.32 Å². The van der Waals surface area contributed by atoms with E-state index < -0.39 is 21.7 Å². The lowest BCUT2D eigenvalue weighted by Crippen LogP contribution is -2.48. The van der Waals surface area contributed by atoms with Gasteiger partial charge in [-0.05, 0) is 54.1 Å². The van der Waals surface area contributed by atoms with Crippen molar-refractivity contribution in [1.29, 1.82) is 5.41 Å².